The van der Waals surface area contributed by atoms with Crippen molar-refractivity contribution in [3.8, 4) is 0 Å². The van der Waals surface area contributed by atoms with Crippen molar-refractivity contribution in [1.29, 1.82) is 0 Å². The molecule has 0 saturated carbocycles. The predicted octanol–water partition coefficient (Wildman–Crippen LogP) is 0.352. The molecule has 1 heterocycles. The molecule has 0 spiro atoms. The molecule has 0 unspecified atom stereocenters. The zero-order chi connectivity index (χ0) is 6.85. The zero-order valence-electron chi connectivity index (χ0n) is 4.85. The summed E-state index contributed by atoms with van der Waals surface area (Å²) in [5.74, 6) is 0. The molecule has 1 aliphatic heterocycles. The SMILES string of the molecule is C=C1NC(OS)NC1=C. The van der Waals surface area contributed by atoms with Gasteiger partial charge in [-0.1, -0.05) is 13.2 Å². The molecule has 0 atom stereocenters. The van der Waals surface area contributed by atoms with Gasteiger partial charge < -0.3 is 10.6 Å². The van der Waals surface area contributed by atoms with Crippen LogP contribution in [0.4, 0.5) is 0 Å². The summed E-state index contributed by atoms with van der Waals surface area (Å²) in [6.45, 7) is 7.29. The van der Waals surface area contributed by atoms with Gasteiger partial charge in [0.25, 0.3) is 0 Å². The first-order valence-electron chi connectivity index (χ1n) is 2.45. The van der Waals surface area contributed by atoms with E-state index >= 15 is 0 Å². The lowest BCUT2D eigenvalue weighted by Gasteiger charge is -2.04. The molecule has 2 N–H and O–H groups in total. The largest absolute Gasteiger partial charge is 0.341 e. The molecule has 3 nitrogen and oxygen atoms in total. The molecule has 4 heteroatoms. The molecule has 0 aromatic rings. The maximum atomic E-state index is 4.60. The van der Waals surface area contributed by atoms with E-state index in [0.717, 1.165) is 11.4 Å². The van der Waals surface area contributed by atoms with E-state index in [1.165, 1.54) is 0 Å². The van der Waals surface area contributed by atoms with Crippen molar-refractivity contribution in [1.82, 2.24) is 10.6 Å². The van der Waals surface area contributed by atoms with Crippen molar-refractivity contribution in [2.75, 3.05) is 0 Å². The number of thiol groups is 1. The summed E-state index contributed by atoms with van der Waals surface area (Å²) in [5, 5.41) is 5.70. The summed E-state index contributed by atoms with van der Waals surface area (Å²) in [6, 6.07) is 0. The summed E-state index contributed by atoms with van der Waals surface area (Å²) < 4.78 is 4.60. The van der Waals surface area contributed by atoms with Crippen molar-refractivity contribution < 1.29 is 4.18 Å². The van der Waals surface area contributed by atoms with Gasteiger partial charge in [-0.2, -0.15) is 0 Å². The second kappa shape index (κ2) is 2.33. The minimum Gasteiger partial charge on any atom is -0.341 e. The van der Waals surface area contributed by atoms with Crippen LogP contribution in [0.2, 0.25) is 0 Å². The van der Waals surface area contributed by atoms with Gasteiger partial charge in [-0.15, -0.1) is 0 Å². The molecular weight excluding hydrogens is 136 g/mol. The highest BCUT2D eigenvalue weighted by atomic mass is 32.1. The standard InChI is InChI=1S/C5H8N2OS/c1-3-4(2)7-5(6-3)8-9/h5-7,9H,1-2H2. The summed E-state index contributed by atoms with van der Waals surface area (Å²) in [7, 11) is 0. The average Bonchev–Trinajstić information content (AvgIpc) is 2.13. The van der Waals surface area contributed by atoms with E-state index in [1.54, 1.807) is 0 Å². The third kappa shape index (κ3) is 1.20. The highest BCUT2D eigenvalue weighted by Gasteiger charge is 2.17. The summed E-state index contributed by atoms with van der Waals surface area (Å²) in [6.07, 6.45) is -0.284. The highest BCUT2D eigenvalue weighted by Crippen LogP contribution is 2.08. The van der Waals surface area contributed by atoms with Gasteiger partial charge in [0.05, 0.1) is 11.4 Å². The van der Waals surface area contributed by atoms with Crippen LogP contribution in [0.3, 0.4) is 0 Å². The Morgan fingerprint density at radius 1 is 1.33 bits per heavy atom. The van der Waals surface area contributed by atoms with Gasteiger partial charge in [-0.25, -0.2) is 0 Å². The third-order valence-corrected chi connectivity index (χ3v) is 1.29. The molecule has 0 aliphatic carbocycles. The fourth-order valence-electron chi connectivity index (χ4n) is 0.580. The number of hydrogen-bond acceptors (Lipinski definition) is 4. The van der Waals surface area contributed by atoms with Crippen molar-refractivity contribution in [2.45, 2.75) is 6.35 Å². The maximum Gasteiger partial charge on any atom is 0.217 e. The van der Waals surface area contributed by atoms with Crippen LogP contribution in [0.1, 0.15) is 0 Å². The first-order chi connectivity index (χ1) is 4.24. The fraction of sp³-hybridized carbons (Fsp3) is 0.200. The van der Waals surface area contributed by atoms with Crippen LogP contribution in [-0.4, -0.2) is 6.35 Å². The lowest BCUT2D eigenvalue weighted by atomic mass is 10.4. The van der Waals surface area contributed by atoms with Crippen LogP contribution < -0.4 is 10.6 Å². The second-order valence-electron chi connectivity index (χ2n) is 1.73. The van der Waals surface area contributed by atoms with Gasteiger partial charge in [0, 0.05) is 0 Å². The van der Waals surface area contributed by atoms with Gasteiger partial charge >= 0.3 is 0 Å². The molecule has 0 aromatic carbocycles. The van der Waals surface area contributed by atoms with Crippen molar-refractivity contribution in [3.63, 3.8) is 0 Å². The lowest BCUT2D eigenvalue weighted by molar-refractivity contribution is 0.213. The van der Waals surface area contributed by atoms with E-state index in [1.807, 2.05) is 0 Å². The Bertz CT molecular complexity index is 141. The molecule has 0 radical (unpaired) electrons. The van der Waals surface area contributed by atoms with Crippen molar-refractivity contribution >= 4 is 12.9 Å². The van der Waals surface area contributed by atoms with Gasteiger partial charge in [-0.3, -0.25) is 4.18 Å². The lowest BCUT2D eigenvalue weighted by Crippen LogP contribution is -2.30. The average molecular weight is 144 g/mol. The van der Waals surface area contributed by atoms with E-state index in [-0.39, 0.29) is 6.35 Å². The van der Waals surface area contributed by atoms with E-state index in [2.05, 4.69) is 40.9 Å². The van der Waals surface area contributed by atoms with Crippen LogP contribution in [0.25, 0.3) is 0 Å². The van der Waals surface area contributed by atoms with Gasteiger partial charge in [-0.05, 0) is 12.9 Å². The molecule has 1 aliphatic rings. The predicted molar refractivity (Wildman–Crippen MR) is 38.4 cm³/mol. The highest BCUT2D eigenvalue weighted by molar-refractivity contribution is 7.75. The Morgan fingerprint density at radius 3 is 2.00 bits per heavy atom. The fourth-order valence-corrected chi connectivity index (χ4v) is 0.685. The van der Waals surface area contributed by atoms with Crippen LogP contribution in [0.15, 0.2) is 24.6 Å². The minimum atomic E-state index is -0.284. The van der Waals surface area contributed by atoms with Crippen LogP contribution in [0.5, 0.6) is 0 Å². The summed E-state index contributed by atoms with van der Waals surface area (Å²) >= 11 is 3.59. The molecule has 1 fully saturated rings. The Balaban J connectivity index is 2.54. The van der Waals surface area contributed by atoms with Crippen molar-refractivity contribution in [2.24, 2.45) is 0 Å². The quantitative estimate of drug-likeness (QED) is 0.367. The monoisotopic (exact) mass is 144 g/mol. The summed E-state index contributed by atoms with van der Waals surface area (Å²) in [4.78, 5) is 0. The number of hydrogen-bond donors (Lipinski definition) is 3. The third-order valence-electron chi connectivity index (χ3n) is 1.08. The smallest absolute Gasteiger partial charge is 0.217 e. The molecule has 1 saturated heterocycles. The van der Waals surface area contributed by atoms with Gasteiger partial charge in [0.1, 0.15) is 0 Å². The second-order valence-corrected chi connectivity index (χ2v) is 1.94. The Kier molecular flexibility index (Phi) is 1.68. The normalized spacial score (nSPS) is 19.7. The van der Waals surface area contributed by atoms with E-state index in [9.17, 15) is 0 Å². The first-order valence-corrected chi connectivity index (χ1v) is 2.82. The van der Waals surface area contributed by atoms with Crippen LogP contribution in [-0.2, 0) is 4.18 Å². The zero-order valence-corrected chi connectivity index (χ0v) is 5.74. The van der Waals surface area contributed by atoms with Crippen LogP contribution >= 0.6 is 12.9 Å². The molecule has 0 amide bonds. The van der Waals surface area contributed by atoms with Gasteiger partial charge in [0.15, 0.2) is 0 Å². The number of nitrogens with one attached hydrogen (secondary N) is 2. The molecule has 9 heavy (non-hydrogen) atoms. The van der Waals surface area contributed by atoms with Gasteiger partial charge in [0.2, 0.25) is 6.35 Å². The van der Waals surface area contributed by atoms with E-state index in [4.69, 9.17) is 0 Å². The minimum absolute atomic E-state index is 0.284. The Labute approximate surface area is 59.4 Å². The maximum absolute atomic E-state index is 4.60. The molecular formula is C5H8N2OS. The molecule has 0 bridgehead atoms. The van der Waals surface area contributed by atoms with Crippen molar-refractivity contribution in [3.05, 3.63) is 24.6 Å². The van der Waals surface area contributed by atoms with Crippen LogP contribution in [0, 0.1) is 0 Å². The molecule has 1 rings (SSSR count). The first kappa shape index (κ1) is 6.51. The topological polar surface area (TPSA) is 33.3 Å². The molecule has 50 valence electrons. The number of rotatable bonds is 1. The Hall–Kier alpha value is -0.610. The van der Waals surface area contributed by atoms with E-state index < -0.39 is 0 Å². The molecule has 0 aromatic heterocycles. The van der Waals surface area contributed by atoms with E-state index in [0.29, 0.717) is 0 Å². The Morgan fingerprint density at radius 2 is 1.78 bits per heavy atom. The summed E-state index contributed by atoms with van der Waals surface area (Å²) in [5.41, 5.74) is 1.49.